The highest BCUT2D eigenvalue weighted by Crippen LogP contribution is 2.45. The summed E-state index contributed by atoms with van der Waals surface area (Å²) in [6, 6.07) is 0. The molecule has 0 amide bonds. The van der Waals surface area contributed by atoms with Gasteiger partial charge in [0.1, 0.15) is 25.4 Å². The summed E-state index contributed by atoms with van der Waals surface area (Å²) in [5.74, 6) is -1.70. The molecule has 0 saturated heterocycles. The van der Waals surface area contributed by atoms with Crippen molar-refractivity contribution in [2.75, 3.05) is 39.6 Å². The lowest BCUT2D eigenvalue weighted by Crippen LogP contribution is -2.30. The van der Waals surface area contributed by atoms with Crippen LogP contribution in [0.5, 0.6) is 0 Å². The molecule has 4 N–H and O–H groups in total. The summed E-state index contributed by atoms with van der Waals surface area (Å²) in [5, 5.41) is 20.6. The first kappa shape index (κ1) is 91.9. The number of hydrogen-bond donors (Lipinski definition) is 4. The molecule has 0 fully saturated rings. The van der Waals surface area contributed by atoms with Gasteiger partial charge >= 0.3 is 33.6 Å². The maximum absolute atomic E-state index is 12.9. The second kappa shape index (κ2) is 70.8. The fourth-order valence-electron chi connectivity index (χ4n) is 8.91. The highest BCUT2D eigenvalue weighted by atomic mass is 31.2. The second-order valence-electron chi connectivity index (χ2n) is 23.6. The summed E-state index contributed by atoms with van der Waals surface area (Å²) in [6.07, 6.45) is 88.4. The average Bonchev–Trinajstić information content (AvgIpc) is 2.14. The van der Waals surface area contributed by atoms with Gasteiger partial charge < -0.3 is 34.2 Å². The Hall–Kier alpha value is -5.09. The predicted octanol–water partition coefficient (Wildman–Crippen LogP) is 20.9. The summed E-state index contributed by atoms with van der Waals surface area (Å²) < 4.78 is 60.9. The molecule has 0 aromatic carbocycles. The Morgan fingerprint density at radius 2 is 0.557 bits per heavy atom. The Bertz CT molecular complexity index is 2440. The molecule has 5 atom stereocenters. The van der Waals surface area contributed by atoms with Crippen LogP contribution >= 0.6 is 15.6 Å². The molecule has 5 unspecified atom stereocenters. The highest BCUT2D eigenvalue weighted by molar-refractivity contribution is 7.47. The molecule has 0 aliphatic heterocycles. The number of carbonyl (C=O) groups excluding carboxylic acids is 3. The number of aliphatic hydroxyl groups excluding tert-OH is 2. The van der Waals surface area contributed by atoms with Gasteiger partial charge in [-0.1, -0.05) is 255 Å². The quantitative estimate of drug-likeness (QED) is 0.0146. The molecular weight excluding hydrogens is 1270 g/mol. The lowest BCUT2D eigenvalue weighted by atomic mass is 10.1. The molecule has 0 rings (SSSR count). The Balaban J connectivity index is 4.72. The van der Waals surface area contributed by atoms with Crippen molar-refractivity contribution in [1.82, 2.24) is 0 Å². The van der Waals surface area contributed by atoms with Crippen LogP contribution < -0.4 is 0 Å². The summed E-state index contributed by atoms with van der Waals surface area (Å²) in [4.78, 5) is 58.5. The van der Waals surface area contributed by atoms with Gasteiger partial charge in [0.25, 0.3) is 0 Å². The fourth-order valence-corrected chi connectivity index (χ4v) is 10.5. The molecule has 0 aromatic heterocycles. The number of rotatable bonds is 67. The van der Waals surface area contributed by atoms with Gasteiger partial charge in [0, 0.05) is 19.3 Å². The molecular formula is C79H128O16P2. The molecule has 0 aliphatic rings. The number of ether oxygens (including phenoxy) is 3. The van der Waals surface area contributed by atoms with Gasteiger partial charge in [0.05, 0.1) is 26.4 Å². The third-order valence-electron chi connectivity index (χ3n) is 14.4. The average molecular weight is 1400 g/mol. The maximum atomic E-state index is 12.9. The molecule has 0 bridgehead atoms. The van der Waals surface area contributed by atoms with E-state index in [1.807, 2.05) is 12.2 Å². The number of phosphoric acid groups is 2. The number of allylic oxidation sites excluding steroid dienone is 28. The minimum absolute atomic E-state index is 0.0114. The predicted molar refractivity (Wildman–Crippen MR) is 398 cm³/mol. The van der Waals surface area contributed by atoms with Gasteiger partial charge in [-0.05, 0) is 148 Å². The third-order valence-corrected chi connectivity index (χ3v) is 16.3. The zero-order valence-electron chi connectivity index (χ0n) is 59.7. The maximum Gasteiger partial charge on any atom is 0.472 e. The van der Waals surface area contributed by atoms with Crippen molar-refractivity contribution >= 4 is 33.6 Å². The Morgan fingerprint density at radius 1 is 0.299 bits per heavy atom. The van der Waals surface area contributed by atoms with E-state index in [-0.39, 0.29) is 19.3 Å². The lowest BCUT2D eigenvalue weighted by Gasteiger charge is -2.21. The van der Waals surface area contributed by atoms with E-state index in [2.05, 4.69) is 179 Å². The number of carbonyl (C=O) groups is 3. The van der Waals surface area contributed by atoms with Crippen LogP contribution in [0, 0.1) is 0 Å². The van der Waals surface area contributed by atoms with Crippen molar-refractivity contribution in [3.8, 4) is 0 Å². The van der Waals surface area contributed by atoms with Crippen LogP contribution in [-0.4, -0.2) is 95.9 Å². The summed E-state index contributed by atoms with van der Waals surface area (Å²) in [6.45, 7) is 2.27. The molecule has 550 valence electrons. The minimum Gasteiger partial charge on any atom is -0.463 e. The van der Waals surface area contributed by atoms with E-state index in [4.69, 9.17) is 32.3 Å². The molecule has 0 spiro atoms. The van der Waals surface area contributed by atoms with E-state index in [0.717, 1.165) is 135 Å². The zero-order valence-corrected chi connectivity index (χ0v) is 61.5. The zero-order chi connectivity index (χ0) is 70.9. The molecule has 16 nitrogen and oxygen atoms in total. The van der Waals surface area contributed by atoms with Gasteiger partial charge in [-0.15, -0.1) is 0 Å². The monoisotopic (exact) mass is 1390 g/mol. The van der Waals surface area contributed by atoms with Crippen molar-refractivity contribution in [2.24, 2.45) is 0 Å². The van der Waals surface area contributed by atoms with E-state index in [1.54, 1.807) is 0 Å². The molecule has 0 aliphatic carbocycles. The Morgan fingerprint density at radius 3 is 0.907 bits per heavy atom. The summed E-state index contributed by atoms with van der Waals surface area (Å²) >= 11 is 0. The minimum atomic E-state index is -4.96. The van der Waals surface area contributed by atoms with E-state index >= 15 is 0 Å². The fraction of sp³-hybridized carbons (Fsp3) is 0.608. The van der Waals surface area contributed by atoms with Gasteiger partial charge in [-0.3, -0.25) is 32.5 Å². The van der Waals surface area contributed by atoms with Crippen molar-refractivity contribution in [3.63, 3.8) is 0 Å². The van der Waals surface area contributed by atoms with Gasteiger partial charge in [-0.25, -0.2) is 9.13 Å². The normalized spacial score (nSPS) is 15.1. The lowest BCUT2D eigenvalue weighted by molar-refractivity contribution is -0.161. The number of unbranched alkanes of at least 4 members (excludes halogenated alkanes) is 16. The third kappa shape index (κ3) is 72.0. The molecule has 0 radical (unpaired) electrons. The first-order chi connectivity index (χ1) is 47.2. The second-order valence-corrected chi connectivity index (χ2v) is 26.5. The van der Waals surface area contributed by atoms with E-state index in [0.29, 0.717) is 25.7 Å². The standard InChI is InChI=1S/C79H128O16P2/c1-4-7-10-13-16-19-22-25-28-31-33-34-35-36-37-38-40-43-44-47-50-53-56-59-62-65-77(82)89-68-74(80)69-91-96(85,86)92-70-75(81)71-93-97(87,88)94-73-76(95-79(84)67-64-61-58-55-52-49-46-41-30-27-24-21-18-15-12-9-6-3)72-90-78(83)66-63-60-57-54-51-48-45-42-39-32-29-26-23-20-17-14-11-8-5-2/h8-9,11-12,16-21,25-30,33-34,36-37,39,42,46,48-49,51,55,58,74-76,80-81H,4-7,10,13-15,22-24,31-32,35,38,40-41,43-45,47,50,52-54,56-57,59-73H2,1-3H3,(H,85,86)(H,87,88)/b11-8-,12-9-,19-16-,20-17-,21-18-,28-25-,29-26-,30-27-,34-33-,37-36-,42-39-,49-46-,51-48-,58-55-. The van der Waals surface area contributed by atoms with Crippen molar-refractivity contribution in [3.05, 3.63) is 170 Å². The number of esters is 3. The van der Waals surface area contributed by atoms with Crippen molar-refractivity contribution in [2.45, 2.75) is 270 Å². The van der Waals surface area contributed by atoms with Crippen LogP contribution in [0.1, 0.15) is 252 Å². The Kier molecular flexibility index (Phi) is 67.0. The van der Waals surface area contributed by atoms with Crippen LogP contribution in [0.4, 0.5) is 0 Å². The van der Waals surface area contributed by atoms with Crippen LogP contribution in [0.2, 0.25) is 0 Å². The first-order valence-corrected chi connectivity index (χ1v) is 39.4. The van der Waals surface area contributed by atoms with Gasteiger partial charge in [-0.2, -0.15) is 0 Å². The largest absolute Gasteiger partial charge is 0.472 e. The smallest absolute Gasteiger partial charge is 0.463 e. The first-order valence-electron chi connectivity index (χ1n) is 36.4. The number of aliphatic hydroxyl groups is 2. The van der Waals surface area contributed by atoms with Crippen LogP contribution in [0.25, 0.3) is 0 Å². The van der Waals surface area contributed by atoms with Gasteiger partial charge in [0.2, 0.25) is 0 Å². The van der Waals surface area contributed by atoms with Crippen LogP contribution in [0.3, 0.4) is 0 Å². The van der Waals surface area contributed by atoms with E-state index < -0.39 is 91.5 Å². The summed E-state index contributed by atoms with van der Waals surface area (Å²) in [5.41, 5.74) is 0. The van der Waals surface area contributed by atoms with Crippen molar-refractivity contribution in [1.29, 1.82) is 0 Å². The van der Waals surface area contributed by atoms with Crippen LogP contribution in [0.15, 0.2) is 170 Å². The number of phosphoric ester groups is 2. The molecule has 0 aromatic rings. The Labute approximate surface area is 586 Å². The van der Waals surface area contributed by atoms with Crippen molar-refractivity contribution < 1.29 is 75.8 Å². The SMILES string of the molecule is CC/C=C\C/C=C\C/C=C\C/C=C\C/C=C\CCCCCC(=O)OCC(COP(=O)(O)OCC(O)COP(=O)(O)OCC(O)COC(=O)CCCCCCCCCCC/C=C\C/C=C\C/C=C\C/C=C\CCCCC)OC(=O)CCC/C=C\C/C=C\C/C=C\C/C=C\C/C=C\CC. The molecule has 97 heavy (non-hydrogen) atoms. The van der Waals surface area contributed by atoms with E-state index in [1.165, 1.54) is 51.4 Å². The van der Waals surface area contributed by atoms with E-state index in [9.17, 15) is 43.5 Å². The highest BCUT2D eigenvalue weighted by Gasteiger charge is 2.29. The number of hydrogen-bond acceptors (Lipinski definition) is 14. The summed E-state index contributed by atoms with van der Waals surface area (Å²) in [7, 11) is -9.83. The topological polar surface area (TPSA) is 231 Å². The van der Waals surface area contributed by atoms with Gasteiger partial charge in [0.15, 0.2) is 6.10 Å². The molecule has 18 heteroatoms. The van der Waals surface area contributed by atoms with Crippen LogP contribution in [-0.2, 0) is 55.8 Å². The molecule has 0 saturated carbocycles. The molecule has 0 heterocycles.